The maximum Gasteiger partial charge on any atom is 0.0107 e. The lowest BCUT2D eigenvalue weighted by Crippen LogP contribution is -2.42. The van der Waals surface area contributed by atoms with Gasteiger partial charge in [-0.25, -0.2) is 0 Å². The highest BCUT2D eigenvalue weighted by Crippen LogP contribution is 2.21. The Morgan fingerprint density at radius 3 is 2.15 bits per heavy atom. The minimum absolute atomic E-state index is 0.836. The van der Waals surface area contributed by atoms with E-state index in [2.05, 4.69) is 15.1 Å². The van der Waals surface area contributed by atoms with Gasteiger partial charge in [-0.3, -0.25) is 0 Å². The number of piperidine rings is 1. The first-order valence-electron chi connectivity index (χ1n) is 9.08. The van der Waals surface area contributed by atoms with Crippen molar-refractivity contribution in [3.63, 3.8) is 0 Å². The Hall–Kier alpha value is -0.120. The Bertz CT molecular complexity index is 261. The first-order chi connectivity index (χ1) is 9.90. The highest BCUT2D eigenvalue weighted by Gasteiger charge is 2.22. The largest absolute Gasteiger partial charge is 0.313 e. The monoisotopic (exact) mass is 279 g/mol. The first-order valence-corrected chi connectivity index (χ1v) is 9.08. The van der Waals surface area contributed by atoms with Crippen LogP contribution in [0.3, 0.4) is 0 Å². The molecule has 2 saturated heterocycles. The number of nitrogens with one attached hydrogen (secondary N) is 1. The van der Waals surface area contributed by atoms with Crippen molar-refractivity contribution in [2.24, 2.45) is 5.92 Å². The van der Waals surface area contributed by atoms with Crippen LogP contribution in [-0.4, -0.2) is 61.7 Å². The van der Waals surface area contributed by atoms with E-state index < -0.39 is 0 Å². The van der Waals surface area contributed by atoms with E-state index in [0.717, 1.165) is 12.0 Å². The van der Waals surface area contributed by atoms with Crippen molar-refractivity contribution in [3.05, 3.63) is 0 Å². The Kier molecular flexibility index (Phi) is 5.75. The zero-order chi connectivity index (χ0) is 13.6. The molecule has 0 aromatic carbocycles. The van der Waals surface area contributed by atoms with Crippen molar-refractivity contribution in [1.29, 1.82) is 0 Å². The molecule has 3 aliphatic rings. The molecule has 3 fully saturated rings. The summed E-state index contributed by atoms with van der Waals surface area (Å²) >= 11 is 0. The molecule has 116 valence electrons. The average Bonchev–Trinajstić information content (AvgIpc) is 3.14. The lowest BCUT2D eigenvalue weighted by molar-refractivity contribution is 0.153. The lowest BCUT2D eigenvalue weighted by atomic mass is 9.96. The number of hydrogen-bond donors (Lipinski definition) is 1. The third kappa shape index (κ3) is 4.44. The van der Waals surface area contributed by atoms with E-state index >= 15 is 0 Å². The van der Waals surface area contributed by atoms with Gasteiger partial charge in [-0.05, 0) is 70.6 Å². The summed E-state index contributed by atoms with van der Waals surface area (Å²) in [5.74, 6) is 0.979. The van der Waals surface area contributed by atoms with E-state index in [0.29, 0.717) is 0 Å². The minimum atomic E-state index is 0.836. The van der Waals surface area contributed by atoms with Gasteiger partial charge in [0.1, 0.15) is 0 Å². The van der Waals surface area contributed by atoms with Crippen LogP contribution < -0.4 is 5.32 Å². The van der Waals surface area contributed by atoms with Gasteiger partial charge >= 0.3 is 0 Å². The van der Waals surface area contributed by atoms with Gasteiger partial charge in [0.25, 0.3) is 0 Å². The molecule has 0 unspecified atom stereocenters. The Morgan fingerprint density at radius 1 is 0.750 bits per heavy atom. The summed E-state index contributed by atoms with van der Waals surface area (Å²) in [6.07, 6.45) is 11.5. The quantitative estimate of drug-likeness (QED) is 0.805. The van der Waals surface area contributed by atoms with Gasteiger partial charge in [-0.2, -0.15) is 0 Å². The van der Waals surface area contributed by atoms with Gasteiger partial charge in [0, 0.05) is 25.7 Å². The molecule has 1 aliphatic carbocycles. The topological polar surface area (TPSA) is 18.5 Å². The number of likely N-dealkylation sites (tertiary alicyclic amines) is 2. The molecule has 1 saturated carbocycles. The molecule has 2 aliphatic heterocycles. The van der Waals surface area contributed by atoms with Crippen LogP contribution in [0.4, 0.5) is 0 Å². The van der Waals surface area contributed by atoms with Crippen molar-refractivity contribution in [1.82, 2.24) is 15.1 Å². The molecule has 2 heterocycles. The van der Waals surface area contributed by atoms with Crippen molar-refractivity contribution in [3.8, 4) is 0 Å². The minimum Gasteiger partial charge on any atom is -0.313 e. The highest BCUT2D eigenvalue weighted by molar-refractivity contribution is 4.78. The summed E-state index contributed by atoms with van der Waals surface area (Å²) in [7, 11) is 0. The van der Waals surface area contributed by atoms with Crippen molar-refractivity contribution >= 4 is 0 Å². The summed E-state index contributed by atoms with van der Waals surface area (Å²) < 4.78 is 0. The predicted octanol–water partition coefficient (Wildman–Crippen LogP) is 2.33. The molecule has 0 radical (unpaired) electrons. The van der Waals surface area contributed by atoms with Crippen LogP contribution in [0.5, 0.6) is 0 Å². The van der Waals surface area contributed by atoms with E-state index in [-0.39, 0.29) is 0 Å². The van der Waals surface area contributed by atoms with Gasteiger partial charge < -0.3 is 15.1 Å². The lowest BCUT2D eigenvalue weighted by Gasteiger charge is -2.34. The second-order valence-electron chi connectivity index (χ2n) is 7.23. The van der Waals surface area contributed by atoms with E-state index in [1.54, 1.807) is 0 Å². The maximum absolute atomic E-state index is 3.75. The summed E-state index contributed by atoms with van der Waals surface area (Å²) in [4.78, 5) is 5.38. The molecule has 3 rings (SSSR count). The summed E-state index contributed by atoms with van der Waals surface area (Å²) in [5.41, 5.74) is 0. The fourth-order valence-corrected chi connectivity index (χ4v) is 4.28. The normalized spacial score (nSPS) is 27.6. The van der Waals surface area contributed by atoms with Crippen LogP contribution in [0.25, 0.3) is 0 Å². The van der Waals surface area contributed by atoms with Crippen LogP contribution in [0.15, 0.2) is 0 Å². The van der Waals surface area contributed by atoms with Crippen LogP contribution in [0, 0.1) is 5.92 Å². The standard InChI is InChI=1S/C17H33N3/c1-2-6-17(5-1)18-9-14-19-12-7-16(8-13-19)15-20-10-3-4-11-20/h16-18H,1-15H2. The first kappa shape index (κ1) is 14.8. The van der Waals surface area contributed by atoms with E-state index in [1.807, 2.05) is 0 Å². The Balaban J connectivity index is 1.26. The molecule has 3 nitrogen and oxygen atoms in total. The van der Waals surface area contributed by atoms with Crippen LogP contribution in [0.1, 0.15) is 51.4 Å². The van der Waals surface area contributed by atoms with E-state index in [4.69, 9.17) is 0 Å². The fraction of sp³-hybridized carbons (Fsp3) is 1.00. The number of rotatable bonds is 6. The molecule has 0 bridgehead atoms. The Labute approximate surface area is 125 Å². The summed E-state index contributed by atoms with van der Waals surface area (Å²) in [6, 6.07) is 0.836. The molecule has 0 aromatic rings. The number of hydrogen-bond acceptors (Lipinski definition) is 3. The molecule has 0 atom stereocenters. The number of nitrogens with zero attached hydrogens (tertiary/aromatic N) is 2. The maximum atomic E-state index is 3.75. The van der Waals surface area contributed by atoms with E-state index in [9.17, 15) is 0 Å². The zero-order valence-electron chi connectivity index (χ0n) is 13.2. The Morgan fingerprint density at radius 2 is 1.45 bits per heavy atom. The molecule has 0 spiro atoms. The van der Waals surface area contributed by atoms with Crippen LogP contribution in [0.2, 0.25) is 0 Å². The van der Waals surface area contributed by atoms with Gasteiger partial charge in [0.15, 0.2) is 0 Å². The van der Waals surface area contributed by atoms with Crippen molar-refractivity contribution < 1.29 is 0 Å². The fourth-order valence-electron chi connectivity index (χ4n) is 4.28. The van der Waals surface area contributed by atoms with Gasteiger partial charge in [-0.1, -0.05) is 12.8 Å². The SMILES string of the molecule is C1CCC(NCCN2CCC(CN3CCCC3)CC2)C1. The van der Waals surface area contributed by atoms with Gasteiger partial charge in [-0.15, -0.1) is 0 Å². The molecular formula is C17H33N3. The average molecular weight is 279 g/mol. The molecule has 0 amide bonds. The van der Waals surface area contributed by atoms with E-state index in [1.165, 1.54) is 97.2 Å². The second kappa shape index (κ2) is 7.77. The molecule has 0 aromatic heterocycles. The van der Waals surface area contributed by atoms with Crippen LogP contribution in [-0.2, 0) is 0 Å². The van der Waals surface area contributed by atoms with Crippen molar-refractivity contribution in [2.75, 3.05) is 45.8 Å². The third-order valence-electron chi connectivity index (χ3n) is 5.64. The highest BCUT2D eigenvalue weighted by atomic mass is 15.2. The van der Waals surface area contributed by atoms with Crippen LogP contribution >= 0.6 is 0 Å². The summed E-state index contributed by atoms with van der Waals surface area (Å²) in [6.45, 7) is 9.27. The second-order valence-corrected chi connectivity index (χ2v) is 7.23. The third-order valence-corrected chi connectivity index (χ3v) is 5.64. The van der Waals surface area contributed by atoms with Crippen molar-refractivity contribution in [2.45, 2.75) is 57.4 Å². The predicted molar refractivity (Wildman–Crippen MR) is 85.1 cm³/mol. The molecule has 20 heavy (non-hydrogen) atoms. The smallest absolute Gasteiger partial charge is 0.0107 e. The zero-order valence-corrected chi connectivity index (χ0v) is 13.2. The summed E-state index contributed by atoms with van der Waals surface area (Å²) in [5, 5.41) is 3.75. The van der Waals surface area contributed by atoms with Gasteiger partial charge in [0.2, 0.25) is 0 Å². The molecule has 1 N–H and O–H groups in total. The molecular weight excluding hydrogens is 246 g/mol. The molecule has 3 heteroatoms. The van der Waals surface area contributed by atoms with Gasteiger partial charge in [0.05, 0.1) is 0 Å².